The van der Waals surface area contributed by atoms with E-state index in [0.717, 1.165) is 32.6 Å². The molecule has 0 aliphatic heterocycles. The number of fused-ring (bicyclic) bond motifs is 3. The molecule has 4 aromatic rings. The van der Waals surface area contributed by atoms with Gasteiger partial charge in [-0.15, -0.1) is 0 Å². The van der Waals surface area contributed by atoms with E-state index in [1.165, 1.54) is 0 Å². The number of benzene rings is 2. The molecule has 22 heavy (non-hydrogen) atoms. The van der Waals surface area contributed by atoms with Crippen molar-refractivity contribution in [2.75, 3.05) is 0 Å². The van der Waals surface area contributed by atoms with Crippen molar-refractivity contribution >= 4 is 42.3 Å². The Morgan fingerprint density at radius 1 is 0.909 bits per heavy atom. The zero-order chi connectivity index (χ0) is 15.1. The Kier molecular flexibility index (Phi) is 3.18. The molecule has 3 nitrogen and oxygen atoms in total. The highest BCUT2D eigenvalue weighted by Gasteiger charge is 2.11. The fourth-order valence-electron chi connectivity index (χ4n) is 2.70. The van der Waals surface area contributed by atoms with Gasteiger partial charge < -0.3 is 4.57 Å². The van der Waals surface area contributed by atoms with Crippen LogP contribution in [-0.2, 0) is 0 Å². The minimum atomic E-state index is 0.249. The summed E-state index contributed by atoms with van der Waals surface area (Å²) in [4.78, 5) is 8.60. The van der Waals surface area contributed by atoms with Gasteiger partial charge in [-0.2, -0.15) is 0 Å². The number of hydrogen-bond acceptors (Lipinski definition) is 2. The molecule has 2 heterocycles. The van der Waals surface area contributed by atoms with Crippen LogP contribution in [0.25, 0.3) is 27.5 Å². The predicted molar refractivity (Wildman–Crippen MR) is 92.9 cm³/mol. The Morgan fingerprint density at radius 2 is 1.59 bits per heavy atom. The van der Waals surface area contributed by atoms with Crippen LogP contribution in [0.5, 0.6) is 0 Å². The summed E-state index contributed by atoms with van der Waals surface area (Å²) in [6.07, 6.45) is 1.76. The van der Waals surface area contributed by atoms with E-state index in [0.29, 0.717) is 0 Å². The van der Waals surface area contributed by atoms with Gasteiger partial charge in [-0.25, -0.2) is 9.97 Å². The van der Waals surface area contributed by atoms with Crippen LogP contribution in [0.15, 0.2) is 60.8 Å². The maximum atomic E-state index is 6.01. The van der Waals surface area contributed by atoms with Gasteiger partial charge in [0, 0.05) is 16.5 Å². The summed E-state index contributed by atoms with van der Waals surface area (Å²) < 4.78 is 2.09. The normalized spacial score (nSPS) is 11.1. The summed E-state index contributed by atoms with van der Waals surface area (Å²) in [5.74, 6) is 0. The molecule has 5 heteroatoms. The predicted octanol–water partition coefficient (Wildman–Crippen LogP) is 4.90. The summed E-state index contributed by atoms with van der Waals surface area (Å²) in [5, 5.41) is 3.32. The van der Waals surface area contributed by atoms with Crippen molar-refractivity contribution in [1.29, 1.82) is 0 Å². The second-order valence-electron chi connectivity index (χ2n) is 4.94. The molecule has 0 fully saturated rings. The van der Waals surface area contributed by atoms with E-state index in [1.807, 2.05) is 48.5 Å². The van der Waals surface area contributed by atoms with E-state index in [-0.39, 0.29) is 5.28 Å². The van der Waals surface area contributed by atoms with Gasteiger partial charge in [0.05, 0.1) is 22.3 Å². The summed E-state index contributed by atoms with van der Waals surface area (Å²) in [5.41, 5.74) is 2.77. The first-order valence-electron chi connectivity index (χ1n) is 6.82. The van der Waals surface area contributed by atoms with Gasteiger partial charge in [0.1, 0.15) is 0 Å². The monoisotopic (exact) mass is 323 g/mol. The van der Waals surface area contributed by atoms with Crippen LogP contribution in [0.1, 0.15) is 0 Å². The smallest absolute Gasteiger partial charge is 0.223 e. The third kappa shape index (κ3) is 2.02. The standard InChI is InChI=1S/C17H11ClN3P/c18-17-19-10-14-15(20-17)12-8-4-5-9-13(12)16(22)21(14)11-6-2-1-3-7-11/h1-10,22H. The first-order valence-corrected chi connectivity index (χ1v) is 7.69. The van der Waals surface area contributed by atoms with E-state index in [9.17, 15) is 0 Å². The maximum Gasteiger partial charge on any atom is 0.223 e. The molecule has 0 aliphatic rings. The number of halogens is 1. The van der Waals surface area contributed by atoms with Crippen LogP contribution >= 0.6 is 20.5 Å². The first kappa shape index (κ1) is 13.4. The van der Waals surface area contributed by atoms with Gasteiger partial charge >= 0.3 is 0 Å². The van der Waals surface area contributed by atoms with E-state index < -0.39 is 0 Å². The SMILES string of the molecule is P=c1c2ccccc2c2nc(Cl)ncc2n1-c1ccccc1. The van der Waals surface area contributed by atoms with Crippen LogP contribution in [0.4, 0.5) is 0 Å². The van der Waals surface area contributed by atoms with Crippen molar-refractivity contribution in [3.63, 3.8) is 0 Å². The van der Waals surface area contributed by atoms with E-state index in [2.05, 4.69) is 29.5 Å². The molecule has 2 aromatic carbocycles. The van der Waals surface area contributed by atoms with Gasteiger partial charge in [0.15, 0.2) is 0 Å². The molecule has 0 aliphatic carbocycles. The number of hydrogen-bond donors (Lipinski definition) is 0. The van der Waals surface area contributed by atoms with Gasteiger partial charge in [-0.05, 0) is 23.7 Å². The first-order chi connectivity index (χ1) is 10.8. The molecule has 0 saturated heterocycles. The molecule has 0 radical (unpaired) electrons. The molecule has 0 saturated carbocycles. The van der Waals surface area contributed by atoms with Crippen molar-refractivity contribution < 1.29 is 0 Å². The fourth-order valence-corrected chi connectivity index (χ4v) is 3.30. The lowest BCUT2D eigenvalue weighted by Crippen LogP contribution is -2.02. The summed E-state index contributed by atoms with van der Waals surface area (Å²) in [6.45, 7) is 0. The molecule has 0 amide bonds. The lowest BCUT2D eigenvalue weighted by Gasteiger charge is -2.14. The summed E-state index contributed by atoms with van der Waals surface area (Å²) in [7, 11) is 3.79. The molecular weight excluding hydrogens is 313 g/mol. The highest BCUT2D eigenvalue weighted by Crippen LogP contribution is 2.28. The Balaban J connectivity index is 2.29. The topological polar surface area (TPSA) is 30.7 Å². The average molecular weight is 324 g/mol. The molecular formula is C17H11ClN3P. The minimum absolute atomic E-state index is 0.249. The van der Waals surface area contributed by atoms with Crippen LogP contribution in [0.2, 0.25) is 5.28 Å². The van der Waals surface area contributed by atoms with Crippen molar-refractivity contribution in [1.82, 2.24) is 14.5 Å². The maximum absolute atomic E-state index is 6.01. The number of nitrogens with zero attached hydrogens (tertiary/aromatic N) is 3. The zero-order valence-corrected chi connectivity index (χ0v) is 13.2. The molecule has 106 valence electrons. The van der Waals surface area contributed by atoms with E-state index >= 15 is 0 Å². The largest absolute Gasteiger partial charge is 0.303 e. The second kappa shape index (κ2) is 5.20. The van der Waals surface area contributed by atoms with Gasteiger partial charge in [-0.1, -0.05) is 51.3 Å². The number of pyridine rings is 1. The van der Waals surface area contributed by atoms with Crippen LogP contribution in [0, 0.1) is 5.07 Å². The fraction of sp³-hybridized carbons (Fsp3) is 0. The highest BCUT2D eigenvalue weighted by molar-refractivity contribution is 7.07. The third-order valence-corrected chi connectivity index (χ3v) is 4.33. The Hall–Kier alpha value is -2.22. The Bertz CT molecular complexity index is 1060. The van der Waals surface area contributed by atoms with Gasteiger partial charge in [0.2, 0.25) is 5.28 Å². The van der Waals surface area contributed by atoms with E-state index in [1.54, 1.807) is 6.20 Å². The van der Waals surface area contributed by atoms with Crippen LogP contribution in [0.3, 0.4) is 0 Å². The molecule has 0 atom stereocenters. The van der Waals surface area contributed by atoms with Gasteiger partial charge in [0.25, 0.3) is 0 Å². The highest BCUT2D eigenvalue weighted by atomic mass is 35.5. The third-order valence-electron chi connectivity index (χ3n) is 3.66. The van der Waals surface area contributed by atoms with E-state index in [4.69, 9.17) is 11.6 Å². The molecule has 4 rings (SSSR count). The Morgan fingerprint density at radius 3 is 2.36 bits per heavy atom. The number of rotatable bonds is 1. The van der Waals surface area contributed by atoms with Crippen molar-refractivity contribution in [3.8, 4) is 5.69 Å². The summed E-state index contributed by atoms with van der Waals surface area (Å²) in [6, 6.07) is 18.2. The quantitative estimate of drug-likeness (QED) is 0.283. The zero-order valence-electron chi connectivity index (χ0n) is 11.5. The number of para-hydroxylation sites is 1. The van der Waals surface area contributed by atoms with Crippen molar-refractivity contribution in [2.45, 2.75) is 0 Å². The molecule has 0 N–H and O–H groups in total. The lowest BCUT2D eigenvalue weighted by molar-refractivity contribution is 1.07. The Labute approximate surface area is 134 Å². The van der Waals surface area contributed by atoms with Crippen molar-refractivity contribution in [3.05, 3.63) is 71.1 Å². The van der Waals surface area contributed by atoms with Crippen LogP contribution in [-0.4, -0.2) is 14.5 Å². The minimum Gasteiger partial charge on any atom is -0.303 e. The lowest BCUT2D eigenvalue weighted by atomic mass is 10.1. The molecule has 0 bridgehead atoms. The summed E-state index contributed by atoms with van der Waals surface area (Å²) >= 11 is 6.01. The molecule has 2 aromatic heterocycles. The molecule has 0 unspecified atom stereocenters. The average Bonchev–Trinajstić information content (AvgIpc) is 2.57. The van der Waals surface area contributed by atoms with Crippen molar-refractivity contribution in [2.24, 2.45) is 0 Å². The second-order valence-corrected chi connectivity index (χ2v) is 5.75. The van der Waals surface area contributed by atoms with Gasteiger partial charge in [-0.3, -0.25) is 0 Å². The van der Waals surface area contributed by atoms with Crippen LogP contribution < -0.4 is 0 Å². The number of aromatic nitrogens is 3. The molecule has 0 spiro atoms.